The number of fused-ring (bicyclic) bond motifs is 2. The minimum Gasteiger partial charge on any atom is -0.508 e. The van der Waals surface area contributed by atoms with E-state index in [1.807, 2.05) is 12.1 Å². The zero-order chi connectivity index (χ0) is 17.4. The highest BCUT2D eigenvalue weighted by atomic mass is 16.5. The molecule has 6 heteroatoms. The topological polar surface area (TPSA) is 118 Å². The second kappa shape index (κ2) is 5.93. The van der Waals surface area contributed by atoms with E-state index in [2.05, 4.69) is 18.8 Å². The summed E-state index contributed by atoms with van der Waals surface area (Å²) in [5.74, 6) is 1.29. The van der Waals surface area contributed by atoms with Crippen LogP contribution >= 0.6 is 0 Å². The second-order valence-electron chi connectivity index (χ2n) is 5.99. The van der Waals surface area contributed by atoms with Gasteiger partial charge in [-0.15, -0.1) is 0 Å². The van der Waals surface area contributed by atoms with E-state index in [-0.39, 0.29) is 23.0 Å². The van der Waals surface area contributed by atoms with Crippen molar-refractivity contribution < 1.29 is 9.84 Å². The molecule has 24 heavy (non-hydrogen) atoms. The number of nitrogens with two attached hydrogens (primary N) is 2. The molecule has 5 N–H and O–H groups in total. The lowest BCUT2D eigenvalue weighted by Gasteiger charge is -2.33. The highest BCUT2D eigenvalue weighted by Gasteiger charge is 2.36. The van der Waals surface area contributed by atoms with Gasteiger partial charge in [0.25, 0.3) is 0 Å². The summed E-state index contributed by atoms with van der Waals surface area (Å²) in [6.45, 7) is 4.24. The average Bonchev–Trinajstić information content (AvgIpc) is 2.55. The number of phenolic OH excluding ortho intramolecular Hbond substituents is 1. The zero-order valence-corrected chi connectivity index (χ0v) is 13.7. The first kappa shape index (κ1) is 15.9. The molecule has 6 nitrogen and oxygen atoms in total. The Morgan fingerprint density at radius 3 is 2.67 bits per heavy atom. The molecule has 0 saturated carbocycles. The third-order valence-corrected chi connectivity index (χ3v) is 4.75. The summed E-state index contributed by atoms with van der Waals surface area (Å²) < 4.78 is 5.85. The Kier molecular flexibility index (Phi) is 3.94. The second-order valence-corrected chi connectivity index (χ2v) is 5.99. The molecule has 0 aliphatic carbocycles. The maximum absolute atomic E-state index is 9.77. The molecule has 0 fully saturated rings. The number of nitrogens with zero attached hydrogens (tertiary/aromatic N) is 2. The van der Waals surface area contributed by atoms with E-state index in [1.165, 1.54) is 0 Å². The summed E-state index contributed by atoms with van der Waals surface area (Å²) in [4.78, 5) is 4.25. The van der Waals surface area contributed by atoms with Crippen LogP contribution < -0.4 is 16.2 Å². The molecule has 1 unspecified atom stereocenters. The number of pyridine rings is 1. The van der Waals surface area contributed by atoms with Crippen LogP contribution in [0.1, 0.15) is 49.3 Å². The van der Waals surface area contributed by atoms with E-state index in [1.54, 1.807) is 12.1 Å². The Labute approximate surface area is 140 Å². The van der Waals surface area contributed by atoms with E-state index in [4.69, 9.17) is 16.2 Å². The van der Waals surface area contributed by atoms with Gasteiger partial charge < -0.3 is 21.3 Å². The lowest BCUT2D eigenvalue weighted by Crippen LogP contribution is -2.21. The highest BCUT2D eigenvalue weighted by molar-refractivity contribution is 5.74. The van der Waals surface area contributed by atoms with E-state index in [0.717, 1.165) is 18.4 Å². The first-order chi connectivity index (χ1) is 11.5. The lowest BCUT2D eigenvalue weighted by atomic mass is 9.76. The summed E-state index contributed by atoms with van der Waals surface area (Å²) in [6, 6.07) is 7.08. The van der Waals surface area contributed by atoms with Crippen molar-refractivity contribution in [2.75, 3.05) is 11.5 Å². The van der Waals surface area contributed by atoms with Crippen molar-refractivity contribution in [1.82, 2.24) is 4.98 Å². The zero-order valence-electron chi connectivity index (χ0n) is 13.7. The van der Waals surface area contributed by atoms with Gasteiger partial charge in [-0.25, -0.2) is 0 Å². The minimum atomic E-state index is -0.0560. The van der Waals surface area contributed by atoms with Crippen molar-refractivity contribution >= 4 is 11.5 Å². The van der Waals surface area contributed by atoms with Crippen LogP contribution in [0.3, 0.4) is 0 Å². The number of ether oxygens (including phenoxy) is 1. The van der Waals surface area contributed by atoms with Crippen LogP contribution in [0.5, 0.6) is 17.4 Å². The molecule has 0 bridgehead atoms. The molecule has 2 aromatic rings. The molecule has 1 aliphatic heterocycles. The van der Waals surface area contributed by atoms with Crippen LogP contribution in [0.4, 0.5) is 11.5 Å². The molecule has 1 aromatic heterocycles. The summed E-state index contributed by atoms with van der Waals surface area (Å²) in [7, 11) is 0. The molecule has 1 aromatic carbocycles. The van der Waals surface area contributed by atoms with Gasteiger partial charge in [-0.3, -0.25) is 0 Å². The van der Waals surface area contributed by atoms with Crippen LogP contribution in [0, 0.1) is 17.2 Å². The fraction of sp³-hybridized carbons (Fsp3) is 0.333. The number of hydrogen-bond acceptors (Lipinski definition) is 6. The molecule has 0 radical (unpaired) electrons. The van der Waals surface area contributed by atoms with Gasteiger partial charge in [0.1, 0.15) is 28.9 Å². The number of phenols is 1. The van der Waals surface area contributed by atoms with Gasteiger partial charge >= 0.3 is 0 Å². The van der Waals surface area contributed by atoms with E-state index in [0.29, 0.717) is 28.8 Å². The van der Waals surface area contributed by atoms with Crippen LogP contribution in [-0.4, -0.2) is 10.1 Å². The molecule has 1 aliphatic rings. The fourth-order valence-electron chi connectivity index (χ4n) is 3.49. The van der Waals surface area contributed by atoms with Gasteiger partial charge in [0, 0.05) is 23.1 Å². The molecule has 0 saturated heterocycles. The van der Waals surface area contributed by atoms with Gasteiger partial charge in [0.2, 0.25) is 5.88 Å². The van der Waals surface area contributed by atoms with Crippen molar-refractivity contribution in [2.45, 2.75) is 32.6 Å². The molecule has 0 amide bonds. The first-order valence-electron chi connectivity index (χ1n) is 8.01. The van der Waals surface area contributed by atoms with Gasteiger partial charge in [0.15, 0.2) is 0 Å². The van der Waals surface area contributed by atoms with Gasteiger partial charge in [-0.05, 0) is 12.0 Å². The number of aromatic hydroxyl groups is 1. The van der Waals surface area contributed by atoms with Crippen molar-refractivity contribution in [3.05, 3.63) is 34.9 Å². The first-order valence-corrected chi connectivity index (χ1v) is 8.01. The smallest absolute Gasteiger partial charge is 0.227 e. The highest BCUT2D eigenvalue weighted by Crippen LogP contribution is 2.52. The SMILES string of the molecule is CCC(CC)C1c2ccc(O)cc2Oc2nc(N)c(C#N)c(N)c21. The molecular formula is C18H20N4O2. The maximum Gasteiger partial charge on any atom is 0.227 e. The number of nitrogen functional groups attached to an aromatic ring is 2. The minimum absolute atomic E-state index is 0.0560. The average molecular weight is 324 g/mol. The van der Waals surface area contributed by atoms with Crippen LogP contribution in [0.15, 0.2) is 18.2 Å². The van der Waals surface area contributed by atoms with Crippen molar-refractivity contribution in [2.24, 2.45) is 5.92 Å². The number of rotatable bonds is 3. The number of hydrogen-bond donors (Lipinski definition) is 3. The normalized spacial score (nSPS) is 15.3. The summed E-state index contributed by atoms with van der Waals surface area (Å²) in [5, 5.41) is 19.1. The van der Waals surface area contributed by atoms with E-state index in [9.17, 15) is 10.4 Å². The van der Waals surface area contributed by atoms with Gasteiger partial charge in [-0.1, -0.05) is 32.8 Å². The molecule has 124 valence electrons. The Morgan fingerprint density at radius 1 is 1.33 bits per heavy atom. The van der Waals surface area contributed by atoms with Gasteiger partial charge in [-0.2, -0.15) is 10.2 Å². The molecular weight excluding hydrogens is 304 g/mol. The summed E-state index contributed by atoms with van der Waals surface area (Å²) in [5.41, 5.74) is 14.3. The van der Waals surface area contributed by atoms with Crippen LogP contribution in [-0.2, 0) is 0 Å². The molecule has 2 heterocycles. The number of aromatic nitrogens is 1. The molecule has 3 rings (SSSR count). The standard InChI is InChI=1S/C18H20N4O2/c1-3-9(4-2)14-11-6-5-10(23)7-13(11)24-18-15(14)16(20)12(8-19)17(21)22-18/h5-7,9,14,23H,3-4H2,1-2H3,(H4,20,21,22). The third kappa shape index (κ3) is 2.29. The Balaban J connectivity index is 2.31. The summed E-state index contributed by atoms with van der Waals surface area (Å²) in [6.07, 6.45) is 1.87. The Morgan fingerprint density at radius 2 is 2.04 bits per heavy atom. The molecule has 1 atom stereocenters. The fourth-order valence-corrected chi connectivity index (χ4v) is 3.49. The summed E-state index contributed by atoms with van der Waals surface area (Å²) >= 11 is 0. The Bertz CT molecular complexity index is 838. The molecule has 0 spiro atoms. The van der Waals surface area contributed by atoms with E-state index < -0.39 is 0 Å². The van der Waals surface area contributed by atoms with E-state index >= 15 is 0 Å². The quantitative estimate of drug-likeness (QED) is 0.795. The third-order valence-electron chi connectivity index (χ3n) is 4.75. The van der Waals surface area contributed by atoms with Crippen molar-refractivity contribution in [1.29, 1.82) is 5.26 Å². The number of nitriles is 1. The van der Waals surface area contributed by atoms with Crippen molar-refractivity contribution in [3.63, 3.8) is 0 Å². The van der Waals surface area contributed by atoms with Crippen molar-refractivity contribution in [3.8, 4) is 23.4 Å². The number of anilines is 2. The lowest BCUT2D eigenvalue weighted by molar-refractivity contribution is 0.369. The van der Waals surface area contributed by atoms with Crippen LogP contribution in [0.2, 0.25) is 0 Å². The monoisotopic (exact) mass is 324 g/mol. The van der Waals surface area contributed by atoms with Gasteiger partial charge in [0.05, 0.1) is 5.69 Å². The Hall–Kier alpha value is -2.94. The predicted molar refractivity (Wildman–Crippen MR) is 91.9 cm³/mol. The van der Waals surface area contributed by atoms with Crippen LogP contribution in [0.25, 0.3) is 0 Å². The number of benzene rings is 1. The predicted octanol–water partition coefficient (Wildman–Crippen LogP) is 3.50. The largest absolute Gasteiger partial charge is 0.508 e. The maximum atomic E-state index is 9.77.